The molecule has 0 aliphatic heterocycles. The van der Waals surface area contributed by atoms with Crippen LogP contribution >= 0.6 is 0 Å². The lowest BCUT2D eigenvalue weighted by Crippen LogP contribution is -1.99. The summed E-state index contributed by atoms with van der Waals surface area (Å²) in [6.07, 6.45) is 3.58. The number of aromatic nitrogens is 2. The Bertz CT molecular complexity index is 708. The van der Waals surface area contributed by atoms with Gasteiger partial charge < -0.3 is 5.73 Å². The highest BCUT2D eigenvalue weighted by molar-refractivity contribution is 5.67. The molecule has 3 nitrogen and oxygen atoms in total. The number of hydrogen-bond acceptors (Lipinski definition) is 3. The van der Waals surface area contributed by atoms with E-state index in [1.54, 1.807) is 6.20 Å². The molecule has 0 saturated heterocycles. The van der Waals surface area contributed by atoms with E-state index in [4.69, 9.17) is 10.7 Å². The molecule has 0 bridgehead atoms. The Hall–Kier alpha value is -2.52. The summed E-state index contributed by atoms with van der Waals surface area (Å²) >= 11 is 0. The number of nitrogens with two attached hydrogens (primary N) is 1. The zero-order valence-corrected chi connectivity index (χ0v) is 11.0. The van der Waals surface area contributed by atoms with Crippen molar-refractivity contribution in [3.8, 4) is 22.5 Å². The van der Waals surface area contributed by atoms with Gasteiger partial charge in [0, 0.05) is 30.1 Å². The number of benzene rings is 1. The molecular weight excluding hydrogens is 246 g/mol. The van der Waals surface area contributed by atoms with Crippen LogP contribution < -0.4 is 5.73 Å². The summed E-state index contributed by atoms with van der Waals surface area (Å²) in [5, 5.41) is 0. The van der Waals surface area contributed by atoms with Gasteiger partial charge in [-0.1, -0.05) is 30.3 Å². The van der Waals surface area contributed by atoms with Crippen LogP contribution in [0, 0.1) is 0 Å². The SMILES string of the molecule is NCc1ccccc1-c1cccc(-c2cccnc2)n1. The average Bonchev–Trinajstić information content (AvgIpc) is 2.56. The van der Waals surface area contributed by atoms with Crippen LogP contribution in [0.5, 0.6) is 0 Å². The first kappa shape index (κ1) is 12.5. The van der Waals surface area contributed by atoms with Gasteiger partial charge in [-0.15, -0.1) is 0 Å². The van der Waals surface area contributed by atoms with E-state index in [0.717, 1.165) is 28.1 Å². The van der Waals surface area contributed by atoms with Crippen LogP contribution in [0.2, 0.25) is 0 Å². The second kappa shape index (κ2) is 5.63. The van der Waals surface area contributed by atoms with E-state index in [0.29, 0.717) is 6.54 Å². The Morgan fingerprint density at radius 3 is 2.50 bits per heavy atom. The molecule has 0 aliphatic rings. The number of pyridine rings is 2. The number of rotatable bonds is 3. The average molecular weight is 261 g/mol. The maximum Gasteiger partial charge on any atom is 0.0725 e. The van der Waals surface area contributed by atoms with Crippen molar-refractivity contribution in [2.75, 3.05) is 0 Å². The van der Waals surface area contributed by atoms with Gasteiger partial charge in [0.25, 0.3) is 0 Å². The van der Waals surface area contributed by atoms with Crippen LogP contribution in [0.3, 0.4) is 0 Å². The summed E-state index contributed by atoms with van der Waals surface area (Å²) in [6.45, 7) is 0.509. The van der Waals surface area contributed by atoms with E-state index in [2.05, 4.69) is 11.1 Å². The Kier molecular flexibility index (Phi) is 3.52. The standard InChI is InChI=1S/C17H15N3/c18-11-13-5-1-2-7-15(13)17-9-3-8-16(20-17)14-6-4-10-19-12-14/h1-10,12H,11,18H2. The van der Waals surface area contributed by atoms with E-state index in [-0.39, 0.29) is 0 Å². The van der Waals surface area contributed by atoms with Crippen LogP contribution in [-0.2, 0) is 6.54 Å². The first-order valence-electron chi connectivity index (χ1n) is 6.54. The molecular formula is C17H15N3. The van der Waals surface area contributed by atoms with Crippen LogP contribution in [0.15, 0.2) is 67.0 Å². The van der Waals surface area contributed by atoms with Crippen molar-refractivity contribution in [3.05, 3.63) is 72.6 Å². The van der Waals surface area contributed by atoms with Gasteiger partial charge in [0.2, 0.25) is 0 Å². The molecule has 0 fully saturated rings. The highest BCUT2D eigenvalue weighted by Gasteiger charge is 2.06. The largest absolute Gasteiger partial charge is 0.326 e. The highest BCUT2D eigenvalue weighted by atomic mass is 14.7. The molecule has 0 radical (unpaired) electrons. The molecule has 0 atom stereocenters. The predicted molar refractivity (Wildman–Crippen MR) is 80.8 cm³/mol. The molecule has 2 N–H and O–H groups in total. The minimum Gasteiger partial charge on any atom is -0.326 e. The summed E-state index contributed by atoms with van der Waals surface area (Å²) < 4.78 is 0. The summed E-state index contributed by atoms with van der Waals surface area (Å²) in [7, 11) is 0. The van der Waals surface area contributed by atoms with Crippen molar-refractivity contribution < 1.29 is 0 Å². The molecule has 0 amide bonds. The molecule has 0 saturated carbocycles. The highest BCUT2D eigenvalue weighted by Crippen LogP contribution is 2.24. The maximum atomic E-state index is 5.80. The molecule has 2 aromatic heterocycles. The molecule has 3 rings (SSSR count). The quantitative estimate of drug-likeness (QED) is 0.787. The van der Waals surface area contributed by atoms with Gasteiger partial charge in [-0.2, -0.15) is 0 Å². The summed E-state index contributed by atoms with van der Waals surface area (Å²) in [4.78, 5) is 8.86. The van der Waals surface area contributed by atoms with Gasteiger partial charge in [0.05, 0.1) is 11.4 Å². The monoisotopic (exact) mass is 261 g/mol. The summed E-state index contributed by atoms with van der Waals surface area (Å²) in [6, 6.07) is 18.0. The fourth-order valence-electron chi connectivity index (χ4n) is 2.21. The van der Waals surface area contributed by atoms with Gasteiger partial charge in [0.15, 0.2) is 0 Å². The molecule has 3 heteroatoms. The molecule has 2 heterocycles. The predicted octanol–water partition coefficient (Wildman–Crippen LogP) is 3.27. The fourth-order valence-corrected chi connectivity index (χ4v) is 2.21. The van der Waals surface area contributed by atoms with E-state index in [9.17, 15) is 0 Å². The van der Waals surface area contributed by atoms with Gasteiger partial charge in [-0.25, -0.2) is 4.98 Å². The van der Waals surface area contributed by atoms with Crippen molar-refractivity contribution in [2.45, 2.75) is 6.54 Å². The van der Waals surface area contributed by atoms with Crippen molar-refractivity contribution in [1.29, 1.82) is 0 Å². The Morgan fingerprint density at radius 2 is 1.70 bits per heavy atom. The lowest BCUT2D eigenvalue weighted by atomic mass is 10.0. The molecule has 0 unspecified atom stereocenters. The zero-order valence-electron chi connectivity index (χ0n) is 11.0. The Labute approximate surface area is 118 Å². The van der Waals surface area contributed by atoms with Crippen molar-refractivity contribution >= 4 is 0 Å². The van der Waals surface area contributed by atoms with E-state index >= 15 is 0 Å². The molecule has 1 aromatic carbocycles. The third kappa shape index (κ3) is 2.44. The van der Waals surface area contributed by atoms with Crippen LogP contribution in [0.25, 0.3) is 22.5 Å². The smallest absolute Gasteiger partial charge is 0.0725 e. The molecule has 0 aliphatic carbocycles. The second-order valence-corrected chi connectivity index (χ2v) is 4.51. The molecule has 20 heavy (non-hydrogen) atoms. The van der Waals surface area contributed by atoms with Crippen LogP contribution in [0.4, 0.5) is 0 Å². The minimum atomic E-state index is 0.509. The minimum absolute atomic E-state index is 0.509. The lowest BCUT2D eigenvalue weighted by molar-refractivity contribution is 1.07. The van der Waals surface area contributed by atoms with Crippen molar-refractivity contribution in [1.82, 2.24) is 9.97 Å². The molecule has 3 aromatic rings. The fraction of sp³-hybridized carbons (Fsp3) is 0.0588. The van der Waals surface area contributed by atoms with Gasteiger partial charge in [0.1, 0.15) is 0 Å². The van der Waals surface area contributed by atoms with Gasteiger partial charge in [-0.3, -0.25) is 4.98 Å². The van der Waals surface area contributed by atoms with Gasteiger partial charge in [-0.05, 0) is 29.8 Å². The first-order valence-corrected chi connectivity index (χ1v) is 6.54. The Balaban J connectivity index is 2.08. The molecule has 98 valence electrons. The van der Waals surface area contributed by atoms with E-state index < -0.39 is 0 Å². The Morgan fingerprint density at radius 1 is 0.850 bits per heavy atom. The third-order valence-corrected chi connectivity index (χ3v) is 3.22. The topological polar surface area (TPSA) is 51.8 Å². The summed E-state index contributed by atoms with van der Waals surface area (Å²) in [5.74, 6) is 0. The maximum absolute atomic E-state index is 5.80. The van der Waals surface area contributed by atoms with E-state index in [1.165, 1.54) is 0 Å². The number of hydrogen-bond donors (Lipinski definition) is 1. The van der Waals surface area contributed by atoms with Crippen LogP contribution in [0.1, 0.15) is 5.56 Å². The molecule has 0 spiro atoms. The second-order valence-electron chi connectivity index (χ2n) is 4.51. The number of nitrogens with zero attached hydrogens (tertiary/aromatic N) is 2. The van der Waals surface area contributed by atoms with Crippen molar-refractivity contribution in [3.63, 3.8) is 0 Å². The zero-order chi connectivity index (χ0) is 13.8. The normalized spacial score (nSPS) is 10.4. The van der Waals surface area contributed by atoms with Crippen molar-refractivity contribution in [2.24, 2.45) is 5.73 Å². The van der Waals surface area contributed by atoms with Crippen LogP contribution in [-0.4, -0.2) is 9.97 Å². The lowest BCUT2D eigenvalue weighted by Gasteiger charge is -2.08. The third-order valence-electron chi connectivity index (χ3n) is 3.22. The van der Waals surface area contributed by atoms with Gasteiger partial charge >= 0.3 is 0 Å². The summed E-state index contributed by atoms with van der Waals surface area (Å²) in [5.41, 5.74) is 10.9. The first-order chi connectivity index (χ1) is 9.88. The van der Waals surface area contributed by atoms with E-state index in [1.807, 2.05) is 54.7 Å².